The van der Waals surface area contributed by atoms with Gasteiger partial charge in [-0.3, -0.25) is 4.98 Å². The monoisotopic (exact) mass is 314 g/mol. The van der Waals surface area contributed by atoms with Crippen LogP contribution in [0.1, 0.15) is 5.56 Å². The molecule has 0 unspecified atom stereocenters. The minimum Gasteiger partial charge on any atom is -0.486 e. The lowest BCUT2D eigenvalue weighted by molar-refractivity contribution is 0.303. The van der Waals surface area contributed by atoms with Crippen LogP contribution in [-0.2, 0) is 6.61 Å². The largest absolute Gasteiger partial charge is 0.486 e. The summed E-state index contributed by atoms with van der Waals surface area (Å²) in [5, 5.41) is 1.12. The molecule has 3 rings (SSSR count). The molecule has 0 radical (unpaired) electrons. The minimum atomic E-state index is 0.509. The molecule has 3 aromatic rings. The van der Waals surface area contributed by atoms with E-state index in [-0.39, 0.29) is 0 Å². The third-order valence-corrected chi connectivity index (χ3v) is 3.38. The van der Waals surface area contributed by atoms with Gasteiger partial charge in [0.1, 0.15) is 11.2 Å². The predicted molar refractivity (Wildman–Crippen MR) is 78.0 cm³/mol. The van der Waals surface area contributed by atoms with Crippen LogP contribution in [-0.4, -0.2) is 9.97 Å². The van der Waals surface area contributed by atoms with E-state index in [0.29, 0.717) is 6.61 Å². The van der Waals surface area contributed by atoms with Gasteiger partial charge in [-0.25, -0.2) is 4.98 Å². The van der Waals surface area contributed by atoms with E-state index in [1.165, 1.54) is 0 Å². The highest BCUT2D eigenvalue weighted by Crippen LogP contribution is 2.22. The Morgan fingerprint density at radius 3 is 2.74 bits per heavy atom. The Kier molecular flexibility index (Phi) is 3.42. The molecule has 1 aromatic carbocycles. The Hall–Kier alpha value is -1.94. The van der Waals surface area contributed by atoms with E-state index in [9.17, 15) is 0 Å². The van der Waals surface area contributed by atoms with E-state index >= 15 is 0 Å². The zero-order valence-electron chi connectivity index (χ0n) is 10.1. The zero-order chi connectivity index (χ0) is 13.1. The van der Waals surface area contributed by atoms with Gasteiger partial charge in [0, 0.05) is 17.8 Å². The fourth-order valence-electron chi connectivity index (χ4n) is 1.85. The molecule has 0 saturated heterocycles. The van der Waals surface area contributed by atoms with Crippen molar-refractivity contribution in [2.75, 3.05) is 0 Å². The van der Waals surface area contributed by atoms with E-state index in [0.717, 1.165) is 26.8 Å². The van der Waals surface area contributed by atoms with Crippen LogP contribution in [0, 0.1) is 0 Å². The highest BCUT2D eigenvalue weighted by molar-refractivity contribution is 9.10. The Balaban J connectivity index is 1.80. The van der Waals surface area contributed by atoms with Gasteiger partial charge in [0.2, 0.25) is 0 Å². The number of fused-ring (bicyclic) bond motifs is 1. The summed E-state index contributed by atoms with van der Waals surface area (Å²) >= 11 is 3.36. The van der Waals surface area contributed by atoms with Crippen LogP contribution < -0.4 is 4.74 Å². The number of rotatable bonds is 3. The van der Waals surface area contributed by atoms with Crippen molar-refractivity contribution in [1.82, 2.24) is 9.97 Å². The maximum Gasteiger partial charge on any atom is 0.152 e. The lowest BCUT2D eigenvalue weighted by Crippen LogP contribution is -1.96. The van der Waals surface area contributed by atoms with Crippen molar-refractivity contribution in [3.63, 3.8) is 0 Å². The molecule has 0 aliphatic heterocycles. The maximum atomic E-state index is 5.74. The van der Waals surface area contributed by atoms with E-state index in [1.807, 2.05) is 36.4 Å². The molecule has 19 heavy (non-hydrogen) atoms. The maximum absolute atomic E-state index is 5.74. The smallest absolute Gasteiger partial charge is 0.152 e. The topological polar surface area (TPSA) is 35.0 Å². The second kappa shape index (κ2) is 5.36. The molecule has 0 aliphatic carbocycles. The van der Waals surface area contributed by atoms with Gasteiger partial charge in [-0.15, -0.1) is 0 Å². The van der Waals surface area contributed by atoms with Gasteiger partial charge in [0.15, 0.2) is 5.75 Å². The minimum absolute atomic E-state index is 0.509. The molecule has 2 heterocycles. The van der Waals surface area contributed by atoms with Crippen molar-refractivity contribution < 1.29 is 4.74 Å². The molecule has 2 aromatic heterocycles. The van der Waals surface area contributed by atoms with Crippen LogP contribution >= 0.6 is 15.9 Å². The fraction of sp³-hybridized carbons (Fsp3) is 0.0667. The normalized spacial score (nSPS) is 10.6. The summed E-state index contributed by atoms with van der Waals surface area (Å²) in [4.78, 5) is 8.42. The van der Waals surface area contributed by atoms with E-state index in [1.54, 1.807) is 12.4 Å². The molecule has 0 spiro atoms. The SMILES string of the molecule is Brc1ncccc1OCc1ccc2ncccc2c1. The number of benzene rings is 1. The first-order valence-corrected chi connectivity index (χ1v) is 6.69. The predicted octanol–water partition coefficient (Wildman–Crippen LogP) is 3.97. The molecule has 0 N–H and O–H groups in total. The number of aromatic nitrogens is 2. The van der Waals surface area contributed by atoms with Crippen molar-refractivity contribution >= 4 is 26.8 Å². The highest BCUT2D eigenvalue weighted by Gasteiger charge is 2.02. The molecule has 3 nitrogen and oxygen atoms in total. The summed E-state index contributed by atoms with van der Waals surface area (Å²) in [6, 6.07) is 13.8. The molecule has 0 atom stereocenters. The number of pyridine rings is 2. The molecule has 0 bridgehead atoms. The Bertz CT molecular complexity index is 715. The second-order valence-corrected chi connectivity index (χ2v) is 4.86. The fourth-order valence-corrected chi connectivity index (χ4v) is 2.22. The average Bonchev–Trinajstić information content (AvgIpc) is 2.46. The summed E-state index contributed by atoms with van der Waals surface area (Å²) in [5.74, 6) is 0.744. The van der Waals surface area contributed by atoms with Crippen LogP contribution in [0.15, 0.2) is 59.5 Å². The molecule has 0 aliphatic rings. The molecule has 0 saturated carbocycles. The lowest BCUT2D eigenvalue weighted by Gasteiger charge is -2.08. The second-order valence-electron chi connectivity index (χ2n) is 4.11. The van der Waals surface area contributed by atoms with E-state index in [2.05, 4.69) is 32.0 Å². The van der Waals surface area contributed by atoms with Crippen molar-refractivity contribution in [3.05, 3.63) is 65.0 Å². The molecular formula is C15H11BrN2O. The van der Waals surface area contributed by atoms with Crippen LogP contribution in [0.5, 0.6) is 5.75 Å². The highest BCUT2D eigenvalue weighted by atomic mass is 79.9. The first-order valence-electron chi connectivity index (χ1n) is 5.90. The number of ether oxygens (including phenoxy) is 1. The third kappa shape index (κ3) is 2.74. The average molecular weight is 315 g/mol. The van der Waals surface area contributed by atoms with Gasteiger partial charge in [0.25, 0.3) is 0 Å². The van der Waals surface area contributed by atoms with Crippen molar-refractivity contribution in [1.29, 1.82) is 0 Å². The summed E-state index contributed by atoms with van der Waals surface area (Å²) in [6.45, 7) is 0.509. The van der Waals surface area contributed by atoms with Gasteiger partial charge in [-0.2, -0.15) is 0 Å². The molecule has 94 valence electrons. The molecule has 4 heteroatoms. The van der Waals surface area contributed by atoms with Gasteiger partial charge < -0.3 is 4.74 Å². The van der Waals surface area contributed by atoms with Gasteiger partial charge in [-0.05, 0) is 51.8 Å². The first-order chi connectivity index (χ1) is 9.33. The summed E-state index contributed by atoms with van der Waals surface area (Å²) in [6.07, 6.45) is 3.52. The van der Waals surface area contributed by atoms with Gasteiger partial charge in [-0.1, -0.05) is 12.1 Å². The summed E-state index contributed by atoms with van der Waals surface area (Å²) in [5.41, 5.74) is 2.10. The summed E-state index contributed by atoms with van der Waals surface area (Å²) < 4.78 is 6.46. The Morgan fingerprint density at radius 1 is 1.00 bits per heavy atom. The van der Waals surface area contributed by atoms with Crippen LogP contribution in [0.4, 0.5) is 0 Å². The molecular weight excluding hydrogens is 304 g/mol. The number of nitrogens with zero attached hydrogens (tertiary/aromatic N) is 2. The van der Waals surface area contributed by atoms with E-state index < -0.39 is 0 Å². The standard InChI is InChI=1S/C15H11BrN2O/c16-15-14(4-2-8-18-15)19-10-11-5-6-13-12(9-11)3-1-7-17-13/h1-9H,10H2. The van der Waals surface area contributed by atoms with Crippen LogP contribution in [0.3, 0.4) is 0 Å². The third-order valence-electron chi connectivity index (χ3n) is 2.79. The Morgan fingerprint density at radius 2 is 1.84 bits per heavy atom. The number of hydrogen-bond acceptors (Lipinski definition) is 3. The summed E-state index contributed by atoms with van der Waals surface area (Å²) in [7, 11) is 0. The van der Waals surface area contributed by atoms with E-state index in [4.69, 9.17) is 4.74 Å². The number of halogens is 1. The van der Waals surface area contributed by atoms with Gasteiger partial charge in [0.05, 0.1) is 5.52 Å². The number of hydrogen-bond donors (Lipinski definition) is 0. The van der Waals surface area contributed by atoms with Gasteiger partial charge >= 0.3 is 0 Å². The van der Waals surface area contributed by atoms with Crippen LogP contribution in [0.25, 0.3) is 10.9 Å². The van der Waals surface area contributed by atoms with Crippen molar-refractivity contribution in [2.45, 2.75) is 6.61 Å². The molecule has 0 amide bonds. The Labute approximate surface area is 119 Å². The molecule has 0 fully saturated rings. The lowest BCUT2D eigenvalue weighted by atomic mass is 10.1. The first kappa shape index (κ1) is 12.1. The van der Waals surface area contributed by atoms with Crippen molar-refractivity contribution in [3.8, 4) is 5.75 Å². The van der Waals surface area contributed by atoms with Crippen LogP contribution in [0.2, 0.25) is 0 Å². The zero-order valence-corrected chi connectivity index (χ0v) is 11.7. The quantitative estimate of drug-likeness (QED) is 0.686. The van der Waals surface area contributed by atoms with Crippen molar-refractivity contribution in [2.24, 2.45) is 0 Å².